The molecule has 0 bridgehead atoms. The van der Waals surface area contributed by atoms with Gasteiger partial charge in [0, 0.05) is 6.07 Å². The minimum absolute atomic E-state index is 0.156. The van der Waals surface area contributed by atoms with Gasteiger partial charge >= 0.3 is 5.97 Å². The van der Waals surface area contributed by atoms with E-state index in [1.807, 2.05) is 30.3 Å². The fourth-order valence-corrected chi connectivity index (χ4v) is 1.45. The van der Waals surface area contributed by atoms with Gasteiger partial charge in [-0.05, 0) is 12.5 Å². The summed E-state index contributed by atoms with van der Waals surface area (Å²) in [6.07, 6.45) is 0.275. The highest BCUT2D eigenvalue weighted by molar-refractivity contribution is 5.72. The second-order valence-electron chi connectivity index (χ2n) is 3.75. The summed E-state index contributed by atoms with van der Waals surface area (Å²) >= 11 is 0. The van der Waals surface area contributed by atoms with E-state index in [-0.39, 0.29) is 19.0 Å². The standard InChI is InChI=1S/C13H13NO3/c1-10-7-12(14-17-10)9-16-13(15)8-11-5-3-2-4-6-11/h2-7H,8-9H2,1H3. The van der Waals surface area contributed by atoms with E-state index < -0.39 is 0 Å². The Kier molecular flexibility index (Phi) is 3.55. The molecule has 0 saturated carbocycles. The zero-order valence-electron chi connectivity index (χ0n) is 9.55. The van der Waals surface area contributed by atoms with Gasteiger partial charge in [-0.1, -0.05) is 35.5 Å². The van der Waals surface area contributed by atoms with Gasteiger partial charge in [-0.25, -0.2) is 0 Å². The first kappa shape index (κ1) is 11.4. The van der Waals surface area contributed by atoms with Crippen molar-refractivity contribution in [1.82, 2.24) is 5.16 Å². The number of aryl methyl sites for hydroxylation is 1. The summed E-state index contributed by atoms with van der Waals surface area (Å²) in [6.45, 7) is 1.95. The van der Waals surface area contributed by atoms with Crippen LogP contribution in [0.2, 0.25) is 0 Å². The average Bonchev–Trinajstić information content (AvgIpc) is 2.74. The van der Waals surface area contributed by atoms with Gasteiger partial charge in [-0.2, -0.15) is 0 Å². The van der Waals surface area contributed by atoms with Gasteiger partial charge in [0.1, 0.15) is 18.1 Å². The summed E-state index contributed by atoms with van der Waals surface area (Å²) in [6, 6.07) is 11.2. The lowest BCUT2D eigenvalue weighted by Gasteiger charge is -2.02. The lowest BCUT2D eigenvalue weighted by Crippen LogP contribution is -2.07. The topological polar surface area (TPSA) is 52.3 Å². The van der Waals surface area contributed by atoms with Crippen LogP contribution in [0.3, 0.4) is 0 Å². The molecule has 2 aromatic rings. The SMILES string of the molecule is Cc1cc(COC(=O)Cc2ccccc2)no1. The molecule has 0 aliphatic rings. The molecule has 0 fully saturated rings. The van der Waals surface area contributed by atoms with Crippen molar-refractivity contribution in [3.8, 4) is 0 Å². The molecule has 1 heterocycles. The molecular formula is C13H13NO3. The number of benzene rings is 1. The maximum Gasteiger partial charge on any atom is 0.310 e. The zero-order chi connectivity index (χ0) is 12.1. The summed E-state index contributed by atoms with van der Waals surface area (Å²) in [5.74, 6) is 0.441. The van der Waals surface area contributed by atoms with Crippen molar-refractivity contribution in [3.63, 3.8) is 0 Å². The van der Waals surface area contributed by atoms with Crippen molar-refractivity contribution < 1.29 is 14.1 Å². The Labute approximate surface area is 99.2 Å². The summed E-state index contributed by atoms with van der Waals surface area (Å²) in [5.41, 5.74) is 1.57. The van der Waals surface area contributed by atoms with E-state index in [2.05, 4.69) is 5.16 Å². The third-order valence-corrected chi connectivity index (χ3v) is 2.25. The molecule has 0 unspecified atom stereocenters. The average molecular weight is 231 g/mol. The first-order chi connectivity index (χ1) is 8.24. The Morgan fingerprint density at radius 1 is 1.35 bits per heavy atom. The third kappa shape index (κ3) is 3.45. The van der Waals surface area contributed by atoms with Crippen molar-refractivity contribution in [1.29, 1.82) is 0 Å². The molecule has 88 valence electrons. The van der Waals surface area contributed by atoms with E-state index in [9.17, 15) is 4.79 Å². The Morgan fingerprint density at radius 3 is 2.76 bits per heavy atom. The molecule has 1 aromatic heterocycles. The fourth-order valence-electron chi connectivity index (χ4n) is 1.45. The van der Waals surface area contributed by atoms with E-state index in [1.54, 1.807) is 13.0 Å². The number of rotatable bonds is 4. The first-order valence-corrected chi connectivity index (χ1v) is 5.36. The van der Waals surface area contributed by atoms with Gasteiger partial charge in [0.05, 0.1) is 6.42 Å². The number of hydrogen-bond acceptors (Lipinski definition) is 4. The van der Waals surface area contributed by atoms with Gasteiger partial charge < -0.3 is 9.26 Å². The quantitative estimate of drug-likeness (QED) is 0.757. The number of ether oxygens (including phenoxy) is 1. The zero-order valence-corrected chi connectivity index (χ0v) is 9.55. The second kappa shape index (κ2) is 5.30. The van der Waals surface area contributed by atoms with Crippen LogP contribution >= 0.6 is 0 Å². The summed E-state index contributed by atoms with van der Waals surface area (Å²) in [4.78, 5) is 11.5. The van der Waals surface area contributed by atoms with Crippen LogP contribution in [0.4, 0.5) is 0 Å². The van der Waals surface area contributed by atoms with Crippen LogP contribution in [0.25, 0.3) is 0 Å². The molecule has 0 N–H and O–H groups in total. The number of hydrogen-bond donors (Lipinski definition) is 0. The number of esters is 1. The van der Waals surface area contributed by atoms with Crippen LogP contribution in [0.1, 0.15) is 17.0 Å². The monoisotopic (exact) mass is 231 g/mol. The molecule has 1 aromatic carbocycles. The largest absolute Gasteiger partial charge is 0.459 e. The van der Waals surface area contributed by atoms with Gasteiger partial charge in [0.2, 0.25) is 0 Å². The van der Waals surface area contributed by atoms with Crippen LogP contribution in [0, 0.1) is 6.92 Å². The molecule has 0 spiro atoms. The Bertz CT molecular complexity index is 490. The maximum absolute atomic E-state index is 11.5. The van der Waals surface area contributed by atoms with Crippen LogP contribution in [-0.2, 0) is 22.6 Å². The van der Waals surface area contributed by atoms with Crippen molar-refractivity contribution in [2.24, 2.45) is 0 Å². The van der Waals surface area contributed by atoms with Gasteiger partial charge in [0.15, 0.2) is 0 Å². The minimum Gasteiger partial charge on any atom is -0.459 e. The molecule has 0 amide bonds. The number of nitrogens with zero attached hydrogens (tertiary/aromatic N) is 1. The van der Waals surface area contributed by atoms with Crippen molar-refractivity contribution in [2.45, 2.75) is 20.0 Å². The highest BCUT2D eigenvalue weighted by Crippen LogP contribution is 2.05. The molecule has 0 radical (unpaired) electrons. The minimum atomic E-state index is -0.267. The molecule has 0 aliphatic heterocycles. The molecular weight excluding hydrogens is 218 g/mol. The van der Waals surface area contributed by atoms with Crippen molar-refractivity contribution in [2.75, 3.05) is 0 Å². The summed E-state index contributed by atoms with van der Waals surface area (Å²) < 4.78 is 9.96. The highest BCUT2D eigenvalue weighted by Gasteiger charge is 2.07. The van der Waals surface area contributed by atoms with Crippen LogP contribution < -0.4 is 0 Å². The number of aromatic nitrogens is 1. The van der Waals surface area contributed by atoms with Crippen LogP contribution in [-0.4, -0.2) is 11.1 Å². The summed E-state index contributed by atoms with van der Waals surface area (Å²) in [7, 11) is 0. The normalized spacial score (nSPS) is 10.2. The molecule has 4 heteroatoms. The Hall–Kier alpha value is -2.10. The molecule has 17 heavy (non-hydrogen) atoms. The third-order valence-electron chi connectivity index (χ3n) is 2.25. The van der Waals surface area contributed by atoms with E-state index in [0.717, 1.165) is 5.56 Å². The lowest BCUT2D eigenvalue weighted by molar-refractivity contribution is -0.144. The molecule has 0 atom stereocenters. The van der Waals surface area contributed by atoms with Crippen LogP contribution in [0.15, 0.2) is 40.9 Å². The van der Waals surface area contributed by atoms with E-state index in [4.69, 9.17) is 9.26 Å². The highest BCUT2D eigenvalue weighted by atomic mass is 16.5. The Balaban J connectivity index is 1.82. The fraction of sp³-hybridized carbons (Fsp3) is 0.231. The molecule has 0 aliphatic carbocycles. The summed E-state index contributed by atoms with van der Waals surface area (Å²) in [5, 5.41) is 3.74. The molecule has 0 saturated heterocycles. The van der Waals surface area contributed by atoms with Crippen LogP contribution in [0.5, 0.6) is 0 Å². The number of carbonyl (C=O) groups is 1. The van der Waals surface area contributed by atoms with E-state index >= 15 is 0 Å². The predicted octanol–water partition coefficient (Wildman–Crippen LogP) is 2.27. The smallest absolute Gasteiger partial charge is 0.310 e. The number of carbonyl (C=O) groups excluding carboxylic acids is 1. The van der Waals surface area contributed by atoms with E-state index in [1.165, 1.54) is 0 Å². The maximum atomic E-state index is 11.5. The first-order valence-electron chi connectivity index (χ1n) is 5.36. The van der Waals surface area contributed by atoms with Gasteiger partial charge in [-0.3, -0.25) is 4.79 Å². The molecule has 2 rings (SSSR count). The lowest BCUT2D eigenvalue weighted by atomic mass is 10.2. The van der Waals surface area contributed by atoms with Crippen molar-refractivity contribution >= 4 is 5.97 Å². The molecule has 4 nitrogen and oxygen atoms in total. The van der Waals surface area contributed by atoms with E-state index in [0.29, 0.717) is 11.5 Å². The van der Waals surface area contributed by atoms with Gasteiger partial charge in [0.25, 0.3) is 0 Å². The van der Waals surface area contributed by atoms with Crippen molar-refractivity contribution in [3.05, 3.63) is 53.4 Å². The predicted molar refractivity (Wildman–Crippen MR) is 61.2 cm³/mol. The second-order valence-corrected chi connectivity index (χ2v) is 3.75. The van der Waals surface area contributed by atoms with Gasteiger partial charge in [-0.15, -0.1) is 0 Å². The Morgan fingerprint density at radius 2 is 2.12 bits per heavy atom.